The predicted molar refractivity (Wildman–Crippen MR) is 133 cm³/mol. The minimum Gasteiger partial charge on any atom is -0.484 e. The molecule has 7 nitrogen and oxygen atoms in total. The summed E-state index contributed by atoms with van der Waals surface area (Å²) < 4.78 is 21.3. The zero-order valence-electron chi connectivity index (χ0n) is 18.2. The fraction of sp³-hybridized carbons (Fsp3) is 0.120. The molecule has 0 saturated carbocycles. The van der Waals surface area contributed by atoms with Crippen molar-refractivity contribution in [3.63, 3.8) is 0 Å². The van der Waals surface area contributed by atoms with Gasteiger partial charge in [0.1, 0.15) is 17.4 Å². The van der Waals surface area contributed by atoms with Crippen molar-refractivity contribution >= 4 is 44.6 Å². The van der Waals surface area contributed by atoms with E-state index in [0.29, 0.717) is 34.5 Å². The zero-order valence-corrected chi connectivity index (χ0v) is 19.8. The lowest BCUT2D eigenvalue weighted by atomic mass is 10.2. The van der Waals surface area contributed by atoms with Crippen LogP contribution in [-0.2, 0) is 11.2 Å². The summed E-state index contributed by atoms with van der Waals surface area (Å²) in [5, 5.41) is 7.28. The molecule has 9 heteroatoms. The number of hydrogen-bond donors (Lipinski definition) is 1. The van der Waals surface area contributed by atoms with Gasteiger partial charge >= 0.3 is 0 Å². The van der Waals surface area contributed by atoms with Crippen molar-refractivity contribution in [2.24, 2.45) is 5.10 Å². The van der Waals surface area contributed by atoms with E-state index >= 15 is 0 Å². The van der Waals surface area contributed by atoms with E-state index in [2.05, 4.69) is 31.3 Å². The van der Waals surface area contributed by atoms with E-state index in [4.69, 9.17) is 4.74 Å². The Morgan fingerprint density at radius 3 is 2.79 bits per heavy atom. The molecule has 0 unspecified atom stereocenters. The van der Waals surface area contributed by atoms with E-state index in [1.807, 2.05) is 13.0 Å². The van der Waals surface area contributed by atoms with Gasteiger partial charge in [-0.3, -0.25) is 9.59 Å². The third kappa shape index (κ3) is 5.37. The van der Waals surface area contributed by atoms with Crippen LogP contribution in [-0.4, -0.2) is 28.4 Å². The first-order valence-corrected chi connectivity index (χ1v) is 11.3. The Labute approximate surface area is 203 Å². The molecule has 4 rings (SSSR count). The number of anilines is 1. The van der Waals surface area contributed by atoms with E-state index in [-0.39, 0.29) is 17.9 Å². The first kappa shape index (κ1) is 23.3. The molecule has 1 N–H and O–H groups in total. The lowest BCUT2D eigenvalue weighted by molar-refractivity contribution is -0.118. The summed E-state index contributed by atoms with van der Waals surface area (Å²) in [5.41, 5.74) is 1.10. The summed E-state index contributed by atoms with van der Waals surface area (Å²) in [4.78, 5) is 29.6. The smallest absolute Gasteiger partial charge is 0.282 e. The number of fused-ring (bicyclic) bond motifs is 1. The molecule has 4 aromatic rings. The Hall–Kier alpha value is -3.85. The molecule has 1 aromatic heterocycles. The van der Waals surface area contributed by atoms with Gasteiger partial charge in [0.05, 0.1) is 22.8 Å². The first-order valence-electron chi connectivity index (χ1n) is 10.5. The number of amides is 1. The molecule has 3 aromatic carbocycles. The SMILES string of the molecule is CCc1nc2ccc(Br)cc2c(=O)n1N=Cc1cccc(OCC(=O)Nc2ccccc2F)c1. The highest BCUT2D eigenvalue weighted by atomic mass is 79.9. The van der Waals surface area contributed by atoms with Crippen LogP contribution < -0.4 is 15.6 Å². The van der Waals surface area contributed by atoms with Gasteiger partial charge in [-0.2, -0.15) is 9.78 Å². The Morgan fingerprint density at radius 2 is 2.00 bits per heavy atom. The average Bonchev–Trinajstić information content (AvgIpc) is 2.84. The molecular formula is C25H20BrFN4O3. The number of hydrogen-bond acceptors (Lipinski definition) is 5. The Bertz CT molecular complexity index is 1450. The van der Waals surface area contributed by atoms with Crippen molar-refractivity contribution in [1.29, 1.82) is 0 Å². The van der Waals surface area contributed by atoms with Crippen LogP contribution >= 0.6 is 15.9 Å². The highest BCUT2D eigenvalue weighted by Crippen LogP contribution is 2.17. The van der Waals surface area contributed by atoms with E-state index < -0.39 is 11.7 Å². The number of carbonyl (C=O) groups excluding carboxylic acids is 1. The van der Waals surface area contributed by atoms with Gasteiger partial charge in [-0.25, -0.2) is 9.37 Å². The minimum absolute atomic E-state index is 0.0881. The van der Waals surface area contributed by atoms with Gasteiger partial charge in [-0.05, 0) is 48.0 Å². The first-order chi connectivity index (χ1) is 16.4. The second-order valence-corrected chi connectivity index (χ2v) is 8.21. The van der Waals surface area contributed by atoms with Gasteiger partial charge in [-0.15, -0.1) is 0 Å². The van der Waals surface area contributed by atoms with Gasteiger partial charge in [0.25, 0.3) is 11.5 Å². The van der Waals surface area contributed by atoms with Gasteiger partial charge < -0.3 is 10.1 Å². The number of aryl methyl sites for hydroxylation is 1. The van der Waals surface area contributed by atoms with Crippen molar-refractivity contribution in [1.82, 2.24) is 9.66 Å². The minimum atomic E-state index is -0.522. The number of rotatable bonds is 7. The maximum atomic E-state index is 13.7. The normalized spacial score (nSPS) is 11.1. The highest BCUT2D eigenvalue weighted by Gasteiger charge is 2.10. The van der Waals surface area contributed by atoms with Crippen LogP contribution in [0.25, 0.3) is 10.9 Å². The van der Waals surface area contributed by atoms with Crippen molar-refractivity contribution in [2.75, 3.05) is 11.9 Å². The third-order valence-corrected chi connectivity index (χ3v) is 5.38. The summed E-state index contributed by atoms with van der Waals surface area (Å²) in [7, 11) is 0. The van der Waals surface area contributed by atoms with Crippen LogP contribution in [0, 0.1) is 5.82 Å². The lowest BCUT2D eigenvalue weighted by Gasteiger charge is -2.09. The molecule has 0 radical (unpaired) electrons. The van der Waals surface area contributed by atoms with Crippen LogP contribution in [0.4, 0.5) is 10.1 Å². The number of halogens is 2. The number of para-hydroxylation sites is 1. The zero-order chi connectivity index (χ0) is 24.1. The standard InChI is InChI=1S/C25H20BrFN4O3/c1-2-23-29-21-11-10-17(26)13-19(21)25(33)31(23)28-14-16-6-5-7-18(12-16)34-15-24(32)30-22-9-4-3-8-20(22)27/h3-14H,2,15H2,1H3,(H,30,32). The largest absolute Gasteiger partial charge is 0.484 e. The maximum Gasteiger partial charge on any atom is 0.282 e. The van der Waals surface area contributed by atoms with Crippen molar-refractivity contribution < 1.29 is 13.9 Å². The number of benzene rings is 3. The number of aromatic nitrogens is 2. The van der Waals surface area contributed by atoms with E-state index in [1.54, 1.807) is 48.5 Å². The maximum absolute atomic E-state index is 13.7. The predicted octanol–water partition coefficient (Wildman–Crippen LogP) is 4.76. The second kappa shape index (κ2) is 10.4. The summed E-state index contributed by atoms with van der Waals surface area (Å²) in [6.45, 7) is 1.61. The summed E-state index contributed by atoms with van der Waals surface area (Å²) >= 11 is 3.38. The van der Waals surface area contributed by atoms with Crippen LogP contribution in [0.15, 0.2) is 81.1 Å². The Balaban J connectivity index is 1.50. The molecule has 0 bridgehead atoms. The molecule has 172 valence electrons. The van der Waals surface area contributed by atoms with Gasteiger partial charge in [-0.1, -0.05) is 47.1 Å². The number of nitrogens with zero attached hydrogens (tertiary/aromatic N) is 3. The molecule has 0 aliphatic heterocycles. The summed E-state index contributed by atoms with van der Waals surface area (Å²) in [6, 6.07) is 18.1. The topological polar surface area (TPSA) is 85.6 Å². The highest BCUT2D eigenvalue weighted by molar-refractivity contribution is 9.10. The van der Waals surface area contributed by atoms with Crippen LogP contribution in [0.3, 0.4) is 0 Å². The quantitative estimate of drug-likeness (QED) is 0.354. The molecule has 0 aliphatic rings. The molecular weight excluding hydrogens is 503 g/mol. The summed E-state index contributed by atoms with van der Waals surface area (Å²) in [6.07, 6.45) is 2.05. The Kier molecular flexibility index (Phi) is 7.12. The van der Waals surface area contributed by atoms with Crippen LogP contribution in [0.1, 0.15) is 18.3 Å². The Morgan fingerprint density at radius 1 is 1.18 bits per heavy atom. The van der Waals surface area contributed by atoms with Gasteiger partial charge in [0.2, 0.25) is 0 Å². The molecule has 34 heavy (non-hydrogen) atoms. The molecule has 1 amide bonds. The van der Waals surface area contributed by atoms with Crippen LogP contribution in [0.2, 0.25) is 0 Å². The number of carbonyl (C=O) groups is 1. The summed E-state index contributed by atoms with van der Waals surface area (Å²) in [5.74, 6) is -0.0486. The second-order valence-electron chi connectivity index (χ2n) is 7.29. The van der Waals surface area contributed by atoms with Crippen molar-refractivity contribution in [2.45, 2.75) is 13.3 Å². The van der Waals surface area contributed by atoms with E-state index in [0.717, 1.165) is 4.47 Å². The average molecular weight is 523 g/mol. The molecule has 0 spiro atoms. The number of ether oxygens (including phenoxy) is 1. The van der Waals surface area contributed by atoms with E-state index in [1.165, 1.54) is 23.0 Å². The van der Waals surface area contributed by atoms with Gasteiger partial charge in [0.15, 0.2) is 6.61 Å². The fourth-order valence-corrected chi connectivity index (χ4v) is 3.61. The molecule has 0 aliphatic carbocycles. The lowest BCUT2D eigenvalue weighted by Crippen LogP contribution is -2.22. The molecule has 0 saturated heterocycles. The molecule has 0 fully saturated rings. The molecule has 1 heterocycles. The van der Waals surface area contributed by atoms with Crippen molar-refractivity contribution in [3.8, 4) is 5.75 Å². The fourth-order valence-electron chi connectivity index (χ4n) is 3.25. The number of nitrogens with one attached hydrogen (secondary N) is 1. The monoisotopic (exact) mass is 522 g/mol. The van der Waals surface area contributed by atoms with Crippen LogP contribution in [0.5, 0.6) is 5.75 Å². The molecule has 0 atom stereocenters. The van der Waals surface area contributed by atoms with E-state index in [9.17, 15) is 14.0 Å². The van der Waals surface area contributed by atoms with Gasteiger partial charge in [0, 0.05) is 10.9 Å². The third-order valence-electron chi connectivity index (χ3n) is 4.89. The van der Waals surface area contributed by atoms with Crippen molar-refractivity contribution in [3.05, 3.63) is 98.8 Å².